The first-order valence-electron chi connectivity index (χ1n) is 7.70. The van der Waals surface area contributed by atoms with Crippen LogP contribution in [0.3, 0.4) is 0 Å². The van der Waals surface area contributed by atoms with Crippen LogP contribution in [0.15, 0.2) is 48.5 Å². The Labute approximate surface area is 140 Å². The number of hydrogen-bond donors (Lipinski definition) is 1. The average Bonchev–Trinajstić information content (AvgIpc) is 2.65. The predicted octanol–water partition coefficient (Wildman–Crippen LogP) is 2.03. The van der Waals surface area contributed by atoms with E-state index >= 15 is 0 Å². The van der Waals surface area contributed by atoms with Gasteiger partial charge >= 0.3 is 0 Å². The lowest BCUT2D eigenvalue weighted by Crippen LogP contribution is -2.45. The molecule has 1 aliphatic heterocycles. The molecule has 6 nitrogen and oxygen atoms in total. The summed E-state index contributed by atoms with van der Waals surface area (Å²) < 4.78 is 22.0. The second-order valence-corrected chi connectivity index (χ2v) is 5.15. The Kier molecular flexibility index (Phi) is 5.05. The zero-order valence-electron chi connectivity index (χ0n) is 13.4. The van der Waals surface area contributed by atoms with E-state index < -0.39 is 6.10 Å². The van der Waals surface area contributed by atoms with Gasteiger partial charge in [0.25, 0.3) is 5.91 Å². The molecule has 0 aliphatic carbocycles. The number of amides is 1. The minimum absolute atomic E-state index is 0.191. The molecule has 0 unspecified atom stereocenters. The quantitative estimate of drug-likeness (QED) is 0.822. The lowest BCUT2D eigenvalue weighted by molar-refractivity contribution is -0.130. The molecular weight excluding hydrogens is 310 g/mol. The largest absolute Gasteiger partial charge is 0.493 e. The van der Waals surface area contributed by atoms with Gasteiger partial charge < -0.3 is 24.3 Å². The van der Waals surface area contributed by atoms with Gasteiger partial charge in [-0.15, -0.1) is 0 Å². The molecule has 1 N–H and O–H groups in total. The smallest absolute Gasteiger partial charge is 0.264 e. The number of para-hydroxylation sites is 4. The van der Waals surface area contributed by atoms with Gasteiger partial charge in [0.2, 0.25) is 6.10 Å². The number of hydrogen-bond acceptors (Lipinski definition) is 5. The Morgan fingerprint density at radius 2 is 1.83 bits per heavy atom. The number of carbonyl (C=O) groups is 1. The summed E-state index contributed by atoms with van der Waals surface area (Å²) in [5.74, 6) is 2.30. The second-order valence-electron chi connectivity index (χ2n) is 5.15. The van der Waals surface area contributed by atoms with Gasteiger partial charge in [-0.05, 0) is 24.3 Å². The monoisotopic (exact) mass is 329 g/mol. The van der Waals surface area contributed by atoms with Crippen LogP contribution >= 0.6 is 0 Å². The van der Waals surface area contributed by atoms with Gasteiger partial charge in [0.15, 0.2) is 23.0 Å². The van der Waals surface area contributed by atoms with Crippen molar-refractivity contribution in [2.75, 3.05) is 26.9 Å². The zero-order chi connectivity index (χ0) is 16.8. The van der Waals surface area contributed by atoms with Crippen LogP contribution < -0.4 is 24.3 Å². The molecule has 0 spiro atoms. The van der Waals surface area contributed by atoms with Crippen molar-refractivity contribution in [2.24, 2.45) is 0 Å². The van der Waals surface area contributed by atoms with Gasteiger partial charge in [-0.25, -0.2) is 0 Å². The number of benzene rings is 2. The molecule has 24 heavy (non-hydrogen) atoms. The summed E-state index contributed by atoms with van der Waals surface area (Å²) in [6, 6.07) is 14.6. The molecule has 2 aromatic carbocycles. The molecule has 0 saturated carbocycles. The first kappa shape index (κ1) is 16.0. The fraction of sp³-hybridized carbons (Fsp3) is 0.278. The molecule has 1 amide bonds. The van der Waals surface area contributed by atoms with Gasteiger partial charge in [0, 0.05) is 0 Å². The number of fused-ring (bicyclic) bond motifs is 1. The summed E-state index contributed by atoms with van der Waals surface area (Å²) >= 11 is 0. The van der Waals surface area contributed by atoms with Gasteiger partial charge in [-0.1, -0.05) is 24.3 Å². The van der Waals surface area contributed by atoms with E-state index in [1.54, 1.807) is 13.2 Å². The first-order valence-corrected chi connectivity index (χ1v) is 7.70. The molecule has 126 valence electrons. The molecule has 1 atom stereocenters. The van der Waals surface area contributed by atoms with Crippen molar-refractivity contribution < 1.29 is 23.7 Å². The van der Waals surface area contributed by atoms with Crippen LogP contribution in [0.1, 0.15) is 0 Å². The normalized spacial score (nSPS) is 15.5. The van der Waals surface area contributed by atoms with E-state index in [1.165, 1.54) is 0 Å². The third-order valence-electron chi connectivity index (χ3n) is 3.53. The standard InChI is InChI=1S/C18H19NO5/c1-21-13-6-2-3-7-14(13)22-11-10-19-18(20)17-12-23-15-8-4-5-9-16(15)24-17/h2-9,17H,10-12H2,1H3,(H,19,20)/t17-/m0/s1. The molecule has 1 aliphatic rings. The van der Waals surface area contributed by atoms with Crippen molar-refractivity contribution in [2.45, 2.75) is 6.10 Å². The minimum Gasteiger partial charge on any atom is -0.493 e. The van der Waals surface area contributed by atoms with E-state index in [-0.39, 0.29) is 12.5 Å². The van der Waals surface area contributed by atoms with E-state index in [9.17, 15) is 4.79 Å². The highest BCUT2D eigenvalue weighted by molar-refractivity contribution is 5.81. The average molecular weight is 329 g/mol. The van der Waals surface area contributed by atoms with Gasteiger partial charge in [-0.3, -0.25) is 4.79 Å². The number of ether oxygens (including phenoxy) is 4. The van der Waals surface area contributed by atoms with Crippen LogP contribution in [-0.2, 0) is 4.79 Å². The summed E-state index contributed by atoms with van der Waals surface area (Å²) in [6.45, 7) is 0.880. The van der Waals surface area contributed by atoms with E-state index in [0.717, 1.165) is 0 Å². The highest BCUT2D eigenvalue weighted by Gasteiger charge is 2.26. The van der Waals surface area contributed by atoms with Crippen LogP contribution in [0.5, 0.6) is 23.0 Å². The molecule has 0 fully saturated rings. The molecular formula is C18H19NO5. The third-order valence-corrected chi connectivity index (χ3v) is 3.53. The number of carbonyl (C=O) groups excluding carboxylic acids is 1. The topological polar surface area (TPSA) is 66.0 Å². The number of rotatable bonds is 6. The Morgan fingerprint density at radius 1 is 1.12 bits per heavy atom. The minimum atomic E-state index is -0.661. The van der Waals surface area contributed by atoms with Crippen LogP contribution in [-0.4, -0.2) is 38.9 Å². The van der Waals surface area contributed by atoms with Crippen molar-refractivity contribution in [3.8, 4) is 23.0 Å². The molecule has 1 heterocycles. The maximum Gasteiger partial charge on any atom is 0.264 e. The summed E-state index contributed by atoms with van der Waals surface area (Å²) in [6.07, 6.45) is -0.661. The Balaban J connectivity index is 1.45. The van der Waals surface area contributed by atoms with E-state index in [2.05, 4.69) is 5.32 Å². The molecule has 3 rings (SSSR count). The highest BCUT2D eigenvalue weighted by atomic mass is 16.6. The van der Waals surface area contributed by atoms with Gasteiger partial charge in [0.05, 0.1) is 13.7 Å². The summed E-state index contributed by atoms with van der Waals surface area (Å²) in [5, 5.41) is 2.78. The fourth-order valence-corrected chi connectivity index (χ4v) is 2.34. The predicted molar refractivity (Wildman–Crippen MR) is 87.9 cm³/mol. The SMILES string of the molecule is COc1ccccc1OCCNC(=O)[C@@H]1COc2ccccc2O1. The summed E-state index contributed by atoms with van der Waals surface area (Å²) in [5.41, 5.74) is 0. The molecule has 6 heteroatoms. The van der Waals surface area contributed by atoms with Crippen molar-refractivity contribution in [3.05, 3.63) is 48.5 Å². The van der Waals surface area contributed by atoms with Crippen molar-refractivity contribution >= 4 is 5.91 Å². The molecule has 0 saturated heterocycles. The summed E-state index contributed by atoms with van der Waals surface area (Å²) in [4.78, 5) is 12.1. The van der Waals surface area contributed by atoms with Crippen molar-refractivity contribution in [1.82, 2.24) is 5.32 Å². The summed E-state index contributed by atoms with van der Waals surface area (Å²) in [7, 11) is 1.59. The van der Waals surface area contributed by atoms with E-state index in [4.69, 9.17) is 18.9 Å². The van der Waals surface area contributed by atoms with Crippen molar-refractivity contribution in [3.63, 3.8) is 0 Å². The fourth-order valence-electron chi connectivity index (χ4n) is 2.34. The van der Waals surface area contributed by atoms with Crippen molar-refractivity contribution in [1.29, 1.82) is 0 Å². The van der Waals surface area contributed by atoms with Gasteiger partial charge in [0.1, 0.15) is 13.2 Å². The molecule has 0 bridgehead atoms. The third kappa shape index (κ3) is 3.71. The second kappa shape index (κ2) is 7.59. The molecule has 0 radical (unpaired) electrons. The van der Waals surface area contributed by atoms with E-state index in [0.29, 0.717) is 36.1 Å². The van der Waals surface area contributed by atoms with Crippen LogP contribution in [0.2, 0.25) is 0 Å². The highest BCUT2D eigenvalue weighted by Crippen LogP contribution is 2.30. The lowest BCUT2D eigenvalue weighted by atomic mass is 10.2. The van der Waals surface area contributed by atoms with Crippen LogP contribution in [0.25, 0.3) is 0 Å². The molecule has 2 aromatic rings. The number of methoxy groups -OCH3 is 1. The maximum atomic E-state index is 12.1. The lowest BCUT2D eigenvalue weighted by Gasteiger charge is -2.25. The zero-order valence-corrected chi connectivity index (χ0v) is 13.4. The molecule has 0 aromatic heterocycles. The Bertz CT molecular complexity index is 703. The van der Waals surface area contributed by atoms with Gasteiger partial charge in [-0.2, -0.15) is 0 Å². The Hall–Kier alpha value is -2.89. The van der Waals surface area contributed by atoms with Crippen LogP contribution in [0, 0.1) is 0 Å². The first-order chi connectivity index (χ1) is 11.8. The van der Waals surface area contributed by atoms with Crippen LogP contribution in [0.4, 0.5) is 0 Å². The maximum absolute atomic E-state index is 12.1. The number of nitrogens with one attached hydrogen (secondary N) is 1. The Morgan fingerprint density at radius 3 is 2.62 bits per heavy atom. The van der Waals surface area contributed by atoms with E-state index in [1.807, 2.05) is 42.5 Å².